The minimum Gasteiger partial charge on any atom is -0.395 e. The second-order valence-electron chi connectivity index (χ2n) is 6.19. The minimum atomic E-state index is -0.0799. The lowest BCUT2D eigenvalue weighted by Gasteiger charge is -2.37. The molecule has 2 aliphatic heterocycles. The van der Waals surface area contributed by atoms with Crippen LogP contribution < -0.4 is 5.32 Å². The molecule has 0 bridgehead atoms. The van der Waals surface area contributed by atoms with Gasteiger partial charge in [0.15, 0.2) is 5.78 Å². The number of anilines is 1. The molecule has 1 atom stereocenters. The number of carbonyl (C=O) groups is 1. The highest BCUT2D eigenvalue weighted by Crippen LogP contribution is 2.24. The van der Waals surface area contributed by atoms with E-state index in [1.807, 2.05) is 19.1 Å². The summed E-state index contributed by atoms with van der Waals surface area (Å²) >= 11 is 0. The molecular weight excluding hydrogens is 278 g/mol. The average molecular weight is 303 g/mol. The van der Waals surface area contributed by atoms with Crippen LogP contribution in [0.2, 0.25) is 0 Å². The number of aliphatic hydroxyl groups is 1. The Kier molecular flexibility index (Phi) is 4.76. The third kappa shape index (κ3) is 3.16. The van der Waals surface area contributed by atoms with Gasteiger partial charge in [0.1, 0.15) is 0 Å². The first kappa shape index (κ1) is 15.5. The van der Waals surface area contributed by atoms with Crippen molar-refractivity contribution in [3.8, 4) is 0 Å². The predicted molar refractivity (Wildman–Crippen MR) is 87.5 cm³/mol. The fraction of sp³-hybridized carbons (Fsp3) is 0.588. The van der Waals surface area contributed by atoms with Crippen LogP contribution >= 0.6 is 0 Å². The fourth-order valence-corrected chi connectivity index (χ4v) is 3.38. The van der Waals surface area contributed by atoms with Crippen molar-refractivity contribution in [3.63, 3.8) is 0 Å². The van der Waals surface area contributed by atoms with Gasteiger partial charge in [0.25, 0.3) is 0 Å². The van der Waals surface area contributed by atoms with Crippen LogP contribution in [0.15, 0.2) is 18.2 Å². The first-order valence-corrected chi connectivity index (χ1v) is 8.17. The summed E-state index contributed by atoms with van der Waals surface area (Å²) in [6.07, 6.45) is 1.00. The number of hydrogen-bond donors (Lipinski definition) is 2. The quantitative estimate of drug-likeness (QED) is 0.789. The number of β-amino-alcohol motifs (C(OH)–C–C–N with tert-alkyl or cyclic N) is 1. The van der Waals surface area contributed by atoms with Crippen molar-refractivity contribution in [3.05, 3.63) is 29.3 Å². The SMILES string of the molecule is CC(C(=O)c1ccc2c(c1)CCN2)N1CCN(CCO)CC1. The summed E-state index contributed by atoms with van der Waals surface area (Å²) in [5, 5.41) is 12.3. The lowest BCUT2D eigenvalue weighted by molar-refractivity contribution is 0.0663. The van der Waals surface area contributed by atoms with E-state index in [-0.39, 0.29) is 18.4 Å². The van der Waals surface area contributed by atoms with Gasteiger partial charge >= 0.3 is 0 Å². The summed E-state index contributed by atoms with van der Waals surface area (Å²) in [7, 11) is 0. The van der Waals surface area contributed by atoms with Gasteiger partial charge in [0.05, 0.1) is 12.6 Å². The van der Waals surface area contributed by atoms with E-state index < -0.39 is 0 Å². The molecule has 1 aromatic carbocycles. The molecule has 22 heavy (non-hydrogen) atoms. The lowest BCUT2D eigenvalue weighted by atomic mass is 10.00. The van der Waals surface area contributed by atoms with Crippen molar-refractivity contribution < 1.29 is 9.90 Å². The van der Waals surface area contributed by atoms with Gasteiger partial charge in [-0.05, 0) is 37.1 Å². The van der Waals surface area contributed by atoms with Gasteiger partial charge in [-0.1, -0.05) is 0 Å². The first-order valence-electron chi connectivity index (χ1n) is 8.17. The summed E-state index contributed by atoms with van der Waals surface area (Å²) in [6.45, 7) is 7.54. The largest absolute Gasteiger partial charge is 0.395 e. The van der Waals surface area contributed by atoms with Crippen LogP contribution in [-0.4, -0.2) is 72.6 Å². The highest BCUT2D eigenvalue weighted by molar-refractivity contribution is 6.00. The van der Waals surface area contributed by atoms with Crippen molar-refractivity contribution >= 4 is 11.5 Å². The molecule has 0 spiro atoms. The topological polar surface area (TPSA) is 55.8 Å². The maximum absolute atomic E-state index is 12.7. The molecule has 120 valence electrons. The Morgan fingerprint density at radius 1 is 1.32 bits per heavy atom. The van der Waals surface area contributed by atoms with Crippen molar-refractivity contribution in [2.75, 3.05) is 51.2 Å². The number of nitrogens with zero attached hydrogens (tertiary/aromatic N) is 2. The first-order chi connectivity index (χ1) is 10.7. The smallest absolute Gasteiger partial charge is 0.179 e. The maximum Gasteiger partial charge on any atom is 0.179 e. The zero-order valence-electron chi connectivity index (χ0n) is 13.2. The van der Waals surface area contributed by atoms with E-state index in [0.29, 0.717) is 0 Å². The Morgan fingerprint density at radius 3 is 2.82 bits per heavy atom. The predicted octanol–water partition coefficient (Wildman–Crippen LogP) is 0.836. The summed E-state index contributed by atoms with van der Waals surface area (Å²) in [4.78, 5) is 17.2. The Morgan fingerprint density at radius 2 is 2.09 bits per heavy atom. The Labute approximate surface area is 131 Å². The van der Waals surface area contributed by atoms with Crippen LogP contribution in [0.1, 0.15) is 22.8 Å². The molecule has 2 N–H and O–H groups in total. The molecule has 0 radical (unpaired) electrons. The van der Waals surface area contributed by atoms with E-state index in [1.165, 1.54) is 11.3 Å². The van der Waals surface area contributed by atoms with Crippen molar-refractivity contribution in [1.82, 2.24) is 9.80 Å². The summed E-state index contributed by atoms with van der Waals surface area (Å²) in [5.41, 5.74) is 3.25. The molecule has 1 fully saturated rings. The van der Waals surface area contributed by atoms with Gasteiger partial charge in [-0.15, -0.1) is 0 Å². The number of nitrogens with one attached hydrogen (secondary N) is 1. The molecule has 1 saturated heterocycles. The Bertz CT molecular complexity index is 539. The van der Waals surface area contributed by atoms with Crippen LogP contribution in [0.3, 0.4) is 0 Å². The molecule has 0 aromatic heterocycles. The second-order valence-corrected chi connectivity index (χ2v) is 6.19. The normalized spacial score (nSPS) is 20.5. The molecule has 5 heteroatoms. The van der Waals surface area contributed by atoms with Gasteiger partial charge in [-0.25, -0.2) is 0 Å². The average Bonchev–Trinajstić information content (AvgIpc) is 3.02. The molecule has 2 heterocycles. The number of benzene rings is 1. The van der Waals surface area contributed by atoms with E-state index in [1.54, 1.807) is 0 Å². The van der Waals surface area contributed by atoms with Crippen molar-refractivity contribution in [1.29, 1.82) is 0 Å². The molecule has 0 amide bonds. The number of fused-ring (bicyclic) bond motifs is 1. The highest BCUT2D eigenvalue weighted by atomic mass is 16.3. The number of rotatable bonds is 5. The third-order valence-electron chi connectivity index (χ3n) is 4.85. The van der Waals surface area contributed by atoms with Gasteiger partial charge in [0, 0.05) is 50.5 Å². The zero-order valence-corrected chi connectivity index (χ0v) is 13.2. The third-order valence-corrected chi connectivity index (χ3v) is 4.85. The molecule has 5 nitrogen and oxygen atoms in total. The van der Waals surface area contributed by atoms with Gasteiger partial charge in [-0.3, -0.25) is 14.6 Å². The van der Waals surface area contributed by atoms with E-state index in [4.69, 9.17) is 5.11 Å². The summed E-state index contributed by atoms with van der Waals surface area (Å²) < 4.78 is 0. The highest BCUT2D eigenvalue weighted by Gasteiger charge is 2.26. The van der Waals surface area contributed by atoms with Gasteiger partial charge in [-0.2, -0.15) is 0 Å². The standard InChI is InChI=1S/C17H25N3O2/c1-13(20-8-6-19(7-9-20)10-11-21)17(22)15-2-3-16-14(12-15)4-5-18-16/h2-3,12-13,18,21H,4-11H2,1H3. The Hall–Kier alpha value is -1.43. The lowest BCUT2D eigenvalue weighted by Crippen LogP contribution is -2.52. The van der Waals surface area contributed by atoms with Gasteiger partial charge < -0.3 is 10.4 Å². The number of aliphatic hydroxyl groups excluding tert-OH is 1. The van der Waals surface area contributed by atoms with Crippen LogP contribution in [-0.2, 0) is 6.42 Å². The number of carbonyl (C=O) groups excluding carboxylic acids is 1. The Balaban J connectivity index is 1.62. The summed E-state index contributed by atoms with van der Waals surface area (Å²) in [5.74, 6) is 0.213. The number of Topliss-reactive ketones (excluding diaryl/α,β-unsaturated/α-hetero) is 1. The van der Waals surface area contributed by atoms with E-state index in [9.17, 15) is 4.79 Å². The van der Waals surface area contributed by atoms with Crippen LogP contribution in [0.5, 0.6) is 0 Å². The monoisotopic (exact) mass is 303 g/mol. The summed E-state index contributed by atoms with van der Waals surface area (Å²) in [6, 6.07) is 5.94. The molecule has 0 aliphatic carbocycles. The zero-order chi connectivity index (χ0) is 15.5. The van der Waals surface area contributed by atoms with Crippen LogP contribution in [0.25, 0.3) is 0 Å². The second kappa shape index (κ2) is 6.77. The molecule has 1 aromatic rings. The number of ketones is 1. The fourth-order valence-electron chi connectivity index (χ4n) is 3.38. The van der Waals surface area contributed by atoms with E-state index >= 15 is 0 Å². The maximum atomic E-state index is 12.7. The van der Waals surface area contributed by atoms with Crippen molar-refractivity contribution in [2.45, 2.75) is 19.4 Å². The molecular formula is C17H25N3O2. The van der Waals surface area contributed by atoms with Crippen molar-refractivity contribution in [2.24, 2.45) is 0 Å². The number of hydrogen-bond acceptors (Lipinski definition) is 5. The van der Waals surface area contributed by atoms with E-state index in [2.05, 4.69) is 21.2 Å². The molecule has 2 aliphatic rings. The van der Waals surface area contributed by atoms with Gasteiger partial charge in [0.2, 0.25) is 0 Å². The number of piperazine rings is 1. The van der Waals surface area contributed by atoms with Crippen LogP contribution in [0, 0.1) is 0 Å². The molecule has 3 rings (SSSR count). The molecule has 0 saturated carbocycles. The molecule has 1 unspecified atom stereocenters. The van der Waals surface area contributed by atoms with E-state index in [0.717, 1.165) is 51.3 Å². The minimum absolute atomic E-state index is 0.0799. The van der Waals surface area contributed by atoms with Crippen LogP contribution in [0.4, 0.5) is 5.69 Å².